The van der Waals surface area contributed by atoms with Crippen molar-refractivity contribution in [2.24, 2.45) is 5.92 Å². The van der Waals surface area contributed by atoms with Gasteiger partial charge in [-0.1, -0.05) is 6.92 Å². The van der Waals surface area contributed by atoms with Gasteiger partial charge in [-0.25, -0.2) is 0 Å². The number of rotatable bonds is 7. The third-order valence-electron chi connectivity index (χ3n) is 3.93. The van der Waals surface area contributed by atoms with E-state index in [1.54, 1.807) is 0 Å². The molecule has 17 heavy (non-hydrogen) atoms. The van der Waals surface area contributed by atoms with Crippen molar-refractivity contribution < 1.29 is 4.74 Å². The molecule has 1 aliphatic rings. The Morgan fingerprint density at radius 3 is 2.76 bits per heavy atom. The minimum atomic E-state index is 0.603. The van der Waals surface area contributed by atoms with Crippen LogP contribution in [-0.2, 0) is 4.74 Å². The molecular formula is C14H30N2O. The Kier molecular flexibility index (Phi) is 7.09. The molecule has 0 bridgehead atoms. The second-order valence-electron chi connectivity index (χ2n) is 5.59. The van der Waals surface area contributed by atoms with E-state index in [4.69, 9.17) is 4.74 Å². The summed E-state index contributed by atoms with van der Waals surface area (Å²) < 4.78 is 5.54. The maximum absolute atomic E-state index is 5.54. The molecular weight excluding hydrogens is 212 g/mol. The highest BCUT2D eigenvalue weighted by molar-refractivity contribution is 4.73. The molecule has 1 fully saturated rings. The first-order chi connectivity index (χ1) is 8.13. The number of ether oxygens (including phenoxy) is 1. The summed E-state index contributed by atoms with van der Waals surface area (Å²) in [5.41, 5.74) is 0. The van der Waals surface area contributed by atoms with Crippen molar-refractivity contribution in [3.8, 4) is 0 Å². The number of hydrogen-bond donors (Lipinski definition) is 1. The Morgan fingerprint density at radius 2 is 2.18 bits per heavy atom. The maximum Gasteiger partial charge on any atom is 0.0506 e. The smallest absolute Gasteiger partial charge is 0.0506 e. The first-order valence-corrected chi connectivity index (χ1v) is 7.14. The highest BCUT2D eigenvalue weighted by Gasteiger charge is 2.18. The monoisotopic (exact) mass is 242 g/mol. The van der Waals surface area contributed by atoms with Crippen LogP contribution in [0.1, 0.15) is 40.0 Å². The van der Waals surface area contributed by atoms with Gasteiger partial charge in [0.25, 0.3) is 0 Å². The summed E-state index contributed by atoms with van der Waals surface area (Å²) in [7, 11) is 2.23. The minimum absolute atomic E-state index is 0.603. The first-order valence-electron chi connectivity index (χ1n) is 7.14. The van der Waals surface area contributed by atoms with Crippen LogP contribution in [0.3, 0.4) is 0 Å². The SMILES string of the molecule is CCC(C)NCC(C)N(C)CC1CCCOC1. The number of nitrogens with zero attached hydrogens (tertiary/aromatic N) is 1. The molecule has 3 nitrogen and oxygen atoms in total. The highest BCUT2D eigenvalue weighted by atomic mass is 16.5. The molecule has 0 aromatic carbocycles. The Hall–Kier alpha value is -0.120. The van der Waals surface area contributed by atoms with Crippen LogP contribution in [0, 0.1) is 5.92 Å². The zero-order valence-corrected chi connectivity index (χ0v) is 12.0. The molecule has 1 rings (SSSR count). The van der Waals surface area contributed by atoms with E-state index in [1.165, 1.54) is 25.8 Å². The number of likely N-dealkylation sites (N-methyl/N-ethyl adjacent to an activating group) is 1. The molecule has 1 aliphatic heterocycles. The predicted octanol–water partition coefficient (Wildman–Crippen LogP) is 2.12. The summed E-state index contributed by atoms with van der Waals surface area (Å²) in [6.07, 6.45) is 3.76. The number of nitrogens with one attached hydrogen (secondary N) is 1. The molecule has 3 atom stereocenters. The van der Waals surface area contributed by atoms with Gasteiger partial charge in [0, 0.05) is 31.8 Å². The van der Waals surface area contributed by atoms with Crippen molar-refractivity contribution in [2.75, 3.05) is 33.4 Å². The zero-order chi connectivity index (χ0) is 12.7. The Bertz CT molecular complexity index is 193. The van der Waals surface area contributed by atoms with Crippen LogP contribution in [0.25, 0.3) is 0 Å². The van der Waals surface area contributed by atoms with Gasteiger partial charge in [0.05, 0.1) is 6.61 Å². The molecule has 0 radical (unpaired) electrons. The third kappa shape index (κ3) is 5.84. The highest BCUT2D eigenvalue weighted by Crippen LogP contribution is 2.15. The molecule has 3 heteroatoms. The van der Waals surface area contributed by atoms with Crippen LogP contribution in [0.2, 0.25) is 0 Å². The van der Waals surface area contributed by atoms with Gasteiger partial charge in [-0.05, 0) is 46.1 Å². The fourth-order valence-electron chi connectivity index (χ4n) is 2.21. The zero-order valence-electron chi connectivity index (χ0n) is 12.0. The largest absolute Gasteiger partial charge is 0.381 e. The first kappa shape index (κ1) is 14.9. The van der Waals surface area contributed by atoms with Crippen LogP contribution in [0.15, 0.2) is 0 Å². The molecule has 3 unspecified atom stereocenters. The minimum Gasteiger partial charge on any atom is -0.381 e. The Labute approximate surface area is 107 Å². The van der Waals surface area contributed by atoms with Crippen molar-refractivity contribution in [1.82, 2.24) is 10.2 Å². The lowest BCUT2D eigenvalue weighted by molar-refractivity contribution is 0.0371. The molecule has 0 amide bonds. The van der Waals surface area contributed by atoms with Crippen molar-refractivity contribution in [2.45, 2.75) is 52.1 Å². The molecule has 1 saturated heterocycles. The van der Waals surface area contributed by atoms with Crippen LogP contribution in [0.4, 0.5) is 0 Å². The van der Waals surface area contributed by atoms with Crippen LogP contribution >= 0.6 is 0 Å². The van der Waals surface area contributed by atoms with E-state index >= 15 is 0 Å². The van der Waals surface area contributed by atoms with Gasteiger partial charge in [-0.2, -0.15) is 0 Å². The van der Waals surface area contributed by atoms with E-state index in [9.17, 15) is 0 Å². The summed E-state index contributed by atoms with van der Waals surface area (Å²) >= 11 is 0. The molecule has 1 heterocycles. The Morgan fingerprint density at radius 1 is 1.41 bits per heavy atom. The van der Waals surface area contributed by atoms with E-state index in [0.717, 1.165) is 25.7 Å². The van der Waals surface area contributed by atoms with Gasteiger partial charge in [-0.3, -0.25) is 0 Å². The second-order valence-corrected chi connectivity index (χ2v) is 5.59. The fourth-order valence-corrected chi connectivity index (χ4v) is 2.21. The van der Waals surface area contributed by atoms with Crippen molar-refractivity contribution in [1.29, 1.82) is 0 Å². The molecule has 0 aromatic rings. The second kappa shape index (κ2) is 8.06. The van der Waals surface area contributed by atoms with E-state index in [2.05, 4.69) is 38.0 Å². The summed E-state index contributed by atoms with van der Waals surface area (Å²) in [5, 5.41) is 3.58. The van der Waals surface area contributed by atoms with Gasteiger partial charge in [0.15, 0.2) is 0 Å². The topological polar surface area (TPSA) is 24.5 Å². The molecule has 102 valence electrons. The quantitative estimate of drug-likeness (QED) is 0.740. The maximum atomic E-state index is 5.54. The summed E-state index contributed by atoms with van der Waals surface area (Å²) in [4.78, 5) is 2.47. The van der Waals surface area contributed by atoms with Gasteiger partial charge < -0.3 is 15.0 Å². The van der Waals surface area contributed by atoms with Crippen LogP contribution in [0.5, 0.6) is 0 Å². The lowest BCUT2D eigenvalue weighted by atomic mass is 10.0. The van der Waals surface area contributed by atoms with E-state index in [-0.39, 0.29) is 0 Å². The van der Waals surface area contributed by atoms with Crippen LogP contribution < -0.4 is 5.32 Å². The molecule has 1 N–H and O–H groups in total. The van der Waals surface area contributed by atoms with Gasteiger partial charge in [0.2, 0.25) is 0 Å². The van der Waals surface area contributed by atoms with Crippen molar-refractivity contribution in [3.63, 3.8) is 0 Å². The van der Waals surface area contributed by atoms with Gasteiger partial charge >= 0.3 is 0 Å². The summed E-state index contributed by atoms with van der Waals surface area (Å²) in [6, 6.07) is 1.23. The predicted molar refractivity (Wildman–Crippen MR) is 73.4 cm³/mol. The van der Waals surface area contributed by atoms with E-state index < -0.39 is 0 Å². The van der Waals surface area contributed by atoms with Crippen molar-refractivity contribution in [3.05, 3.63) is 0 Å². The van der Waals surface area contributed by atoms with Gasteiger partial charge in [-0.15, -0.1) is 0 Å². The molecule has 0 aromatic heterocycles. The Balaban J connectivity index is 2.18. The summed E-state index contributed by atoms with van der Waals surface area (Å²) in [5.74, 6) is 0.736. The average Bonchev–Trinajstić information content (AvgIpc) is 2.36. The average molecular weight is 242 g/mol. The van der Waals surface area contributed by atoms with E-state index in [0.29, 0.717) is 12.1 Å². The van der Waals surface area contributed by atoms with E-state index in [1.807, 2.05) is 0 Å². The van der Waals surface area contributed by atoms with Crippen LogP contribution in [-0.4, -0.2) is 50.3 Å². The third-order valence-corrected chi connectivity index (χ3v) is 3.93. The summed E-state index contributed by atoms with van der Waals surface area (Å²) in [6.45, 7) is 11.0. The fraction of sp³-hybridized carbons (Fsp3) is 1.00. The lowest BCUT2D eigenvalue weighted by Crippen LogP contribution is -2.43. The van der Waals surface area contributed by atoms with Gasteiger partial charge in [0.1, 0.15) is 0 Å². The molecule has 0 spiro atoms. The lowest BCUT2D eigenvalue weighted by Gasteiger charge is -2.31. The normalized spacial score (nSPS) is 24.9. The standard InChI is InChI=1S/C14H30N2O/c1-5-12(2)15-9-13(3)16(4)10-14-7-6-8-17-11-14/h12-15H,5-11H2,1-4H3. The molecule has 0 aliphatic carbocycles. The molecule has 0 saturated carbocycles. The number of hydrogen-bond acceptors (Lipinski definition) is 3. The van der Waals surface area contributed by atoms with Crippen molar-refractivity contribution >= 4 is 0 Å².